The fourth-order valence-corrected chi connectivity index (χ4v) is 4.65. The summed E-state index contributed by atoms with van der Waals surface area (Å²) in [6.07, 6.45) is 1.21. The summed E-state index contributed by atoms with van der Waals surface area (Å²) in [5.41, 5.74) is 3.24. The van der Waals surface area contributed by atoms with Crippen molar-refractivity contribution in [2.45, 2.75) is 18.9 Å². The number of halogens is 3. The predicted octanol–water partition coefficient (Wildman–Crippen LogP) is 4.09. The number of likely N-dealkylation sites (tertiary alicyclic amines) is 1. The van der Waals surface area contributed by atoms with Gasteiger partial charge in [-0.05, 0) is 47.7 Å². The number of anilines is 1. The Bertz CT molecular complexity index is 847. The second kappa shape index (κ2) is 10.5. The van der Waals surface area contributed by atoms with E-state index in [-0.39, 0.29) is 42.6 Å². The smallest absolute Gasteiger partial charge is 0.223 e. The predicted molar refractivity (Wildman–Crippen MR) is 124 cm³/mol. The number of hydrogen-bond acceptors (Lipinski definition) is 3. The molecule has 2 heterocycles. The molecule has 4 rings (SSSR count). The van der Waals surface area contributed by atoms with E-state index in [0.717, 1.165) is 37.3 Å². The average Bonchev–Trinajstić information content (AvgIpc) is 3.27. The molecule has 0 radical (unpaired) electrons. The summed E-state index contributed by atoms with van der Waals surface area (Å²) in [7, 11) is 4.04. The van der Waals surface area contributed by atoms with Crippen molar-refractivity contribution < 1.29 is 9.18 Å². The summed E-state index contributed by atoms with van der Waals surface area (Å²) in [4.78, 5) is 17.2. The van der Waals surface area contributed by atoms with Gasteiger partial charge in [0.15, 0.2) is 0 Å². The van der Waals surface area contributed by atoms with Gasteiger partial charge in [-0.2, -0.15) is 0 Å². The third-order valence-corrected chi connectivity index (χ3v) is 6.16. The van der Waals surface area contributed by atoms with Gasteiger partial charge in [-0.3, -0.25) is 4.79 Å². The topological polar surface area (TPSA) is 35.6 Å². The average molecular weight is 454 g/mol. The second-order valence-corrected chi connectivity index (χ2v) is 8.19. The van der Waals surface area contributed by atoms with Gasteiger partial charge >= 0.3 is 0 Å². The zero-order valence-electron chi connectivity index (χ0n) is 17.4. The number of hydrogen-bond donors (Lipinski definition) is 1. The van der Waals surface area contributed by atoms with Gasteiger partial charge in [0.05, 0.1) is 6.04 Å². The number of fused-ring (bicyclic) bond motifs is 1. The zero-order chi connectivity index (χ0) is 19.7. The van der Waals surface area contributed by atoms with E-state index in [2.05, 4.69) is 34.5 Å². The van der Waals surface area contributed by atoms with Crippen molar-refractivity contribution in [1.82, 2.24) is 10.2 Å². The van der Waals surface area contributed by atoms with Crippen LogP contribution in [0.15, 0.2) is 48.5 Å². The molecule has 2 saturated heterocycles. The van der Waals surface area contributed by atoms with Crippen molar-refractivity contribution in [3.63, 3.8) is 0 Å². The van der Waals surface area contributed by atoms with Crippen molar-refractivity contribution in [3.05, 3.63) is 65.5 Å². The van der Waals surface area contributed by atoms with Crippen LogP contribution < -0.4 is 10.2 Å². The minimum Gasteiger partial charge on any atom is -0.378 e. The van der Waals surface area contributed by atoms with E-state index in [1.54, 1.807) is 12.1 Å². The standard InChI is InChI=1S/C23H28FN3O.2ClH/c1-26(2)20-9-6-16(7-10-20)8-11-22(28)27-15-18-13-25-14-21(18)23(27)17-4-3-5-19(24)12-17;;/h3-7,9-10,12,18,21,23,25H,8,11,13-15H2,1-2H3;2*1H/t18-,21-,23+;;/m0../s1. The molecule has 2 aliphatic heterocycles. The Balaban J connectivity index is 0.00000160. The summed E-state index contributed by atoms with van der Waals surface area (Å²) in [5.74, 6) is 0.752. The molecular formula is C23H30Cl2FN3O. The summed E-state index contributed by atoms with van der Waals surface area (Å²) >= 11 is 0. The van der Waals surface area contributed by atoms with Gasteiger partial charge in [-0.25, -0.2) is 4.39 Å². The molecule has 2 aromatic rings. The van der Waals surface area contributed by atoms with Crippen LogP contribution in [0.25, 0.3) is 0 Å². The highest BCUT2D eigenvalue weighted by Gasteiger charge is 2.46. The van der Waals surface area contributed by atoms with Crippen LogP contribution in [0.1, 0.15) is 23.6 Å². The molecule has 164 valence electrons. The first-order valence-electron chi connectivity index (χ1n) is 10.0. The van der Waals surface area contributed by atoms with Gasteiger partial charge < -0.3 is 15.1 Å². The monoisotopic (exact) mass is 453 g/mol. The van der Waals surface area contributed by atoms with Crippen molar-refractivity contribution in [1.29, 1.82) is 0 Å². The molecule has 0 saturated carbocycles. The summed E-state index contributed by atoms with van der Waals surface area (Å²) in [5, 5.41) is 3.43. The van der Waals surface area contributed by atoms with Crippen molar-refractivity contribution in [2.75, 3.05) is 38.6 Å². The van der Waals surface area contributed by atoms with Crippen LogP contribution in [-0.4, -0.2) is 44.5 Å². The molecule has 2 aromatic carbocycles. The van der Waals surface area contributed by atoms with E-state index in [4.69, 9.17) is 0 Å². The van der Waals surface area contributed by atoms with E-state index in [1.807, 2.05) is 25.1 Å². The fourth-order valence-electron chi connectivity index (χ4n) is 4.65. The Hall–Kier alpha value is -1.82. The minimum absolute atomic E-state index is 0. The maximum absolute atomic E-state index is 13.8. The zero-order valence-corrected chi connectivity index (χ0v) is 19.0. The highest BCUT2D eigenvalue weighted by molar-refractivity contribution is 5.85. The SMILES string of the molecule is CN(C)c1ccc(CCC(=O)N2C[C@@H]3CNC[C@@H]3[C@H]2c2cccc(F)c2)cc1.Cl.Cl. The summed E-state index contributed by atoms with van der Waals surface area (Å²) in [6.45, 7) is 2.59. The van der Waals surface area contributed by atoms with E-state index >= 15 is 0 Å². The molecule has 0 bridgehead atoms. The summed E-state index contributed by atoms with van der Waals surface area (Å²) in [6, 6.07) is 15.1. The maximum Gasteiger partial charge on any atom is 0.223 e. The Labute approximate surface area is 190 Å². The van der Waals surface area contributed by atoms with E-state index < -0.39 is 0 Å². The molecule has 0 aromatic heterocycles. The number of amides is 1. The van der Waals surface area contributed by atoms with Crippen LogP contribution >= 0.6 is 24.8 Å². The van der Waals surface area contributed by atoms with Crippen molar-refractivity contribution in [2.24, 2.45) is 11.8 Å². The Kier molecular flexibility index (Phi) is 8.53. The molecule has 4 nitrogen and oxygen atoms in total. The van der Waals surface area contributed by atoms with Crippen LogP contribution in [0.5, 0.6) is 0 Å². The molecule has 0 aliphatic carbocycles. The molecule has 30 heavy (non-hydrogen) atoms. The molecule has 2 aliphatic rings. The molecule has 1 N–H and O–H groups in total. The summed E-state index contributed by atoms with van der Waals surface area (Å²) < 4.78 is 13.8. The van der Waals surface area contributed by atoms with Gasteiger partial charge in [0.2, 0.25) is 5.91 Å². The lowest BCUT2D eigenvalue weighted by Gasteiger charge is -2.28. The Morgan fingerprint density at radius 2 is 1.87 bits per heavy atom. The van der Waals surface area contributed by atoms with Crippen LogP contribution in [0.4, 0.5) is 10.1 Å². The second-order valence-electron chi connectivity index (χ2n) is 8.19. The van der Waals surface area contributed by atoms with E-state index in [1.165, 1.54) is 11.6 Å². The Morgan fingerprint density at radius 1 is 1.13 bits per heavy atom. The van der Waals surface area contributed by atoms with Crippen LogP contribution in [0.2, 0.25) is 0 Å². The lowest BCUT2D eigenvalue weighted by molar-refractivity contribution is -0.132. The lowest BCUT2D eigenvalue weighted by Crippen LogP contribution is -2.34. The number of rotatable bonds is 5. The van der Waals surface area contributed by atoms with Crippen molar-refractivity contribution >= 4 is 36.4 Å². The molecular weight excluding hydrogens is 424 g/mol. The molecule has 3 atom stereocenters. The first-order valence-corrected chi connectivity index (χ1v) is 10.0. The number of nitrogens with zero attached hydrogens (tertiary/aromatic N) is 2. The molecule has 7 heteroatoms. The minimum atomic E-state index is -0.236. The number of aryl methyl sites for hydroxylation is 1. The number of nitrogens with one attached hydrogen (secondary N) is 1. The van der Waals surface area contributed by atoms with Gasteiger partial charge in [-0.15, -0.1) is 24.8 Å². The van der Waals surface area contributed by atoms with Gasteiger partial charge in [-0.1, -0.05) is 24.3 Å². The van der Waals surface area contributed by atoms with Crippen LogP contribution in [0.3, 0.4) is 0 Å². The van der Waals surface area contributed by atoms with E-state index in [9.17, 15) is 9.18 Å². The van der Waals surface area contributed by atoms with Crippen LogP contribution in [-0.2, 0) is 11.2 Å². The first kappa shape index (κ1) is 24.4. The number of benzene rings is 2. The fraction of sp³-hybridized carbons (Fsp3) is 0.435. The Morgan fingerprint density at radius 3 is 2.53 bits per heavy atom. The number of carbonyl (C=O) groups excluding carboxylic acids is 1. The maximum atomic E-state index is 13.8. The van der Waals surface area contributed by atoms with Gasteiger partial charge in [0.1, 0.15) is 5.82 Å². The number of carbonyl (C=O) groups is 1. The molecule has 0 spiro atoms. The lowest BCUT2D eigenvalue weighted by atomic mass is 9.89. The van der Waals surface area contributed by atoms with Gasteiger partial charge in [0, 0.05) is 51.8 Å². The first-order chi connectivity index (χ1) is 13.5. The van der Waals surface area contributed by atoms with Crippen molar-refractivity contribution in [3.8, 4) is 0 Å². The third kappa shape index (κ3) is 5.08. The molecule has 2 fully saturated rings. The van der Waals surface area contributed by atoms with Crippen LogP contribution in [0, 0.1) is 17.7 Å². The van der Waals surface area contributed by atoms with E-state index in [0.29, 0.717) is 18.3 Å². The molecule has 1 amide bonds. The normalized spacial score (nSPS) is 22.1. The highest BCUT2D eigenvalue weighted by atomic mass is 35.5. The third-order valence-electron chi connectivity index (χ3n) is 6.16. The molecule has 0 unspecified atom stereocenters. The highest BCUT2D eigenvalue weighted by Crippen LogP contribution is 2.43. The quantitative estimate of drug-likeness (QED) is 0.740. The largest absolute Gasteiger partial charge is 0.378 e. The van der Waals surface area contributed by atoms with Gasteiger partial charge in [0.25, 0.3) is 0 Å².